The summed E-state index contributed by atoms with van der Waals surface area (Å²) in [5.74, 6) is -2.64. The zero-order valence-electron chi connectivity index (χ0n) is 24.2. The van der Waals surface area contributed by atoms with E-state index in [1.54, 1.807) is 28.0 Å². The Morgan fingerprint density at radius 2 is 1.76 bits per heavy atom. The normalized spacial score (nSPS) is 27.6. The van der Waals surface area contributed by atoms with Crippen molar-refractivity contribution in [3.63, 3.8) is 0 Å². The van der Waals surface area contributed by atoms with Crippen molar-refractivity contribution in [2.45, 2.75) is 50.4 Å². The van der Waals surface area contributed by atoms with Gasteiger partial charge in [-0.1, -0.05) is 61.0 Å². The van der Waals surface area contributed by atoms with Gasteiger partial charge in [0.05, 0.1) is 34.8 Å². The second kappa shape index (κ2) is 11.7. The van der Waals surface area contributed by atoms with Crippen LogP contribution in [0.1, 0.15) is 31.7 Å². The molecular weight excluding hydrogens is 554 g/mol. The minimum atomic E-state index is -1.23. The zero-order valence-corrected chi connectivity index (χ0v) is 24.9. The van der Waals surface area contributed by atoms with Crippen LogP contribution in [0.3, 0.4) is 0 Å². The summed E-state index contributed by atoms with van der Waals surface area (Å²) in [6.45, 7) is 11.6. The summed E-state index contributed by atoms with van der Waals surface area (Å²) < 4.78 is 6.90. The molecule has 1 spiro atoms. The highest BCUT2D eigenvalue weighted by Gasteiger charge is 2.79. The SMILES string of the molecule is C=CCN(C(=O)[C@@H]1[C@H]2C(=O)N(CCO)C(C(=O)N(CC=C)c3c(C)cccc3Cl)C23CC[C@@]1(CC)O3)c1ccccc1. The molecule has 0 aromatic heterocycles. The predicted molar refractivity (Wildman–Crippen MR) is 163 cm³/mol. The van der Waals surface area contributed by atoms with Gasteiger partial charge in [-0.2, -0.15) is 0 Å². The van der Waals surface area contributed by atoms with Gasteiger partial charge in [-0.3, -0.25) is 14.4 Å². The molecule has 3 saturated heterocycles. The van der Waals surface area contributed by atoms with Gasteiger partial charge in [0.1, 0.15) is 11.6 Å². The molecular formula is C33H38ClN3O5. The number of aryl methyl sites for hydroxylation is 1. The van der Waals surface area contributed by atoms with Gasteiger partial charge in [0.2, 0.25) is 11.8 Å². The molecule has 8 nitrogen and oxygen atoms in total. The zero-order chi connectivity index (χ0) is 30.2. The monoisotopic (exact) mass is 591 g/mol. The van der Waals surface area contributed by atoms with Gasteiger partial charge < -0.3 is 24.5 Å². The Labute approximate surface area is 252 Å². The fourth-order valence-corrected chi connectivity index (χ4v) is 7.81. The van der Waals surface area contributed by atoms with Crippen molar-refractivity contribution in [3.05, 3.63) is 84.4 Å². The lowest BCUT2D eigenvalue weighted by Gasteiger charge is -2.37. The number of para-hydroxylation sites is 2. The summed E-state index contributed by atoms with van der Waals surface area (Å²) >= 11 is 6.62. The third-order valence-electron chi connectivity index (χ3n) is 9.20. The Balaban J connectivity index is 1.63. The van der Waals surface area contributed by atoms with Crippen LogP contribution in [0.2, 0.25) is 5.02 Å². The predicted octanol–water partition coefficient (Wildman–Crippen LogP) is 4.53. The number of benzene rings is 2. The first-order valence-electron chi connectivity index (χ1n) is 14.5. The van der Waals surface area contributed by atoms with Crippen LogP contribution in [-0.4, -0.2) is 71.2 Å². The summed E-state index contributed by atoms with van der Waals surface area (Å²) in [6.07, 6.45) is 4.75. The smallest absolute Gasteiger partial charge is 0.253 e. The maximum atomic E-state index is 14.7. The van der Waals surface area contributed by atoms with Crippen LogP contribution in [0, 0.1) is 18.8 Å². The van der Waals surface area contributed by atoms with Gasteiger partial charge in [0.15, 0.2) is 0 Å². The van der Waals surface area contributed by atoms with Gasteiger partial charge in [0.25, 0.3) is 5.91 Å². The molecule has 2 bridgehead atoms. The van der Waals surface area contributed by atoms with Crippen molar-refractivity contribution in [1.82, 2.24) is 4.90 Å². The maximum Gasteiger partial charge on any atom is 0.253 e. The number of rotatable bonds is 11. The summed E-state index contributed by atoms with van der Waals surface area (Å²) in [6, 6.07) is 13.6. The number of aliphatic hydroxyl groups is 1. The summed E-state index contributed by atoms with van der Waals surface area (Å²) in [7, 11) is 0. The number of β-amino-alcohol motifs (C(OH)–C–C–N with tert-alkyl or cyclic N) is 1. The number of carbonyl (C=O) groups is 3. The van der Waals surface area contributed by atoms with E-state index < -0.39 is 29.1 Å². The standard InChI is InChI=1S/C33H38ClN3O5/c1-5-18-35(23-13-9-8-10-14-23)29(39)25-26-30(40)37(20-21-38)28(33(26)17-16-32(25,7-3)42-33)31(41)36(19-6-2)27-22(4)12-11-15-24(27)34/h5-6,8-15,25-26,28,38H,1-2,7,16-21H2,3-4H3/t25-,26-,28?,32+,33?/m0/s1. The molecule has 9 heteroatoms. The van der Waals surface area contributed by atoms with Crippen molar-refractivity contribution < 1.29 is 24.2 Å². The Bertz CT molecular complexity index is 1380. The Morgan fingerprint density at radius 1 is 1.07 bits per heavy atom. The number of carbonyl (C=O) groups excluding carboxylic acids is 3. The molecule has 2 unspecified atom stereocenters. The van der Waals surface area contributed by atoms with Crippen molar-refractivity contribution in [2.24, 2.45) is 11.8 Å². The lowest BCUT2D eigenvalue weighted by molar-refractivity contribution is -0.146. The molecule has 3 aliphatic rings. The molecule has 0 saturated carbocycles. The summed E-state index contributed by atoms with van der Waals surface area (Å²) in [4.78, 5) is 48.1. The number of amides is 3. The van der Waals surface area contributed by atoms with E-state index in [4.69, 9.17) is 16.3 Å². The lowest BCUT2D eigenvalue weighted by atomic mass is 9.64. The average Bonchev–Trinajstić information content (AvgIpc) is 3.59. The van der Waals surface area contributed by atoms with E-state index in [9.17, 15) is 19.5 Å². The first-order chi connectivity index (χ1) is 20.2. The minimum Gasteiger partial charge on any atom is -0.395 e. The molecule has 2 aromatic carbocycles. The third-order valence-corrected chi connectivity index (χ3v) is 9.51. The van der Waals surface area contributed by atoms with Gasteiger partial charge in [0, 0.05) is 25.3 Å². The van der Waals surface area contributed by atoms with Crippen LogP contribution in [0.25, 0.3) is 0 Å². The highest BCUT2D eigenvalue weighted by Crippen LogP contribution is 2.64. The van der Waals surface area contributed by atoms with Crippen LogP contribution in [0.15, 0.2) is 73.8 Å². The summed E-state index contributed by atoms with van der Waals surface area (Å²) in [5, 5.41) is 10.4. The Hall–Kier alpha value is -3.46. The third kappa shape index (κ3) is 4.48. The first-order valence-corrected chi connectivity index (χ1v) is 14.8. The number of likely N-dealkylation sites (tertiary alicyclic amines) is 1. The Morgan fingerprint density at radius 3 is 2.38 bits per heavy atom. The fraction of sp³-hybridized carbons (Fsp3) is 0.424. The fourth-order valence-electron chi connectivity index (χ4n) is 7.48. The number of nitrogens with zero attached hydrogens (tertiary/aromatic N) is 3. The van der Waals surface area contributed by atoms with E-state index >= 15 is 0 Å². The first kappa shape index (κ1) is 30.0. The summed E-state index contributed by atoms with van der Waals surface area (Å²) in [5.41, 5.74) is -0.111. The van der Waals surface area contributed by atoms with Gasteiger partial charge in [-0.15, -0.1) is 13.2 Å². The number of hydrogen-bond acceptors (Lipinski definition) is 5. The number of aliphatic hydroxyl groups excluding tert-OH is 1. The Kier molecular flexibility index (Phi) is 8.34. The van der Waals surface area contributed by atoms with Crippen molar-refractivity contribution >= 4 is 40.7 Å². The van der Waals surface area contributed by atoms with Crippen LogP contribution in [-0.2, 0) is 19.1 Å². The van der Waals surface area contributed by atoms with E-state index in [1.807, 2.05) is 56.3 Å². The lowest BCUT2D eigenvalue weighted by Crippen LogP contribution is -2.57. The van der Waals surface area contributed by atoms with Crippen LogP contribution >= 0.6 is 11.6 Å². The van der Waals surface area contributed by atoms with Gasteiger partial charge in [-0.05, 0) is 49.9 Å². The molecule has 3 aliphatic heterocycles. The molecule has 5 atom stereocenters. The van der Waals surface area contributed by atoms with E-state index in [0.29, 0.717) is 35.7 Å². The average molecular weight is 592 g/mol. The maximum absolute atomic E-state index is 14.7. The van der Waals surface area contributed by atoms with Crippen LogP contribution < -0.4 is 9.80 Å². The van der Waals surface area contributed by atoms with Gasteiger partial charge in [-0.25, -0.2) is 0 Å². The number of ether oxygens (including phenoxy) is 1. The van der Waals surface area contributed by atoms with E-state index in [-0.39, 0.29) is 44.0 Å². The van der Waals surface area contributed by atoms with Crippen LogP contribution in [0.5, 0.6) is 0 Å². The number of hydrogen-bond donors (Lipinski definition) is 1. The van der Waals surface area contributed by atoms with Crippen molar-refractivity contribution in [2.75, 3.05) is 36.0 Å². The molecule has 5 rings (SSSR count). The van der Waals surface area contributed by atoms with E-state index in [1.165, 1.54) is 4.90 Å². The molecule has 0 radical (unpaired) electrons. The van der Waals surface area contributed by atoms with Crippen LogP contribution in [0.4, 0.5) is 11.4 Å². The molecule has 3 amide bonds. The minimum absolute atomic E-state index is 0.0601. The van der Waals surface area contributed by atoms with E-state index in [2.05, 4.69) is 13.2 Å². The molecule has 1 N–H and O–H groups in total. The number of anilines is 2. The largest absolute Gasteiger partial charge is 0.395 e. The molecule has 2 aromatic rings. The molecule has 3 fully saturated rings. The van der Waals surface area contributed by atoms with Crippen molar-refractivity contribution in [1.29, 1.82) is 0 Å². The second-order valence-electron chi connectivity index (χ2n) is 11.3. The molecule has 3 heterocycles. The molecule has 0 aliphatic carbocycles. The quantitative estimate of drug-likeness (QED) is 0.388. The highest BCUT2D eigenvalue weighted by molar-refractivity contribution is 6.34. The second-order valence-corrected chi connectivity index (χ2v) is 11.7. The molecule has 42 heavy (non-hydrogen) atoms. The van der Waals surface area contributed by atoms with Crippen molar-refractivity contribution in [3.8, 4) is 0 Å². The molecule has 222 valence electrons. The van der Waals surface area contributed by atoms with Gasteiger partial charge >= 0.3 is 0 Å². The number of halogens is 1. The topological polar surface area (TPSA) is 90.4 Å². The highest BCUT2D eigenvalue weighted by atomic mass is 35.5. The number of fused-ring (bicyclic) bond motifs is 1. The van der Waals surface area contributed by atoms with E-state index in [0.717, 1.165) is 5.56 Å².